The number of aliphatic hydroxyl groups excluding tert-OH is 1. The van der Waals surface area contributed by atoms with Gasteiger partial charge in [-0.1, -0.05) is 0 Å². The van der Waals surface area contributed by atoms with Crippen LogP contribution in [0.25, 0.3) is 0 Å². The van der Waals surface area contributed by atoms with Crippen molar-refractivity contribution in [2.24, 2.45) is 27.9 Å². The lowest BCUT2D eigenvalue weighted by Gasteiger charge is -2.24. The smallest absolute Gasteiger partial charge is 0.326 e. The summed E-state index contributed by atoms with van der Waals surface area (Å²) in [4.78, 5) is 63.7. The Hall–Kier alpha value is -3.11. The van der Waals surface area contributed by atoms with Gasteiger partial charge in [0, 0.05) is 13.0 Å². The van der Waals surface area contributed by atoms with Crippen LogP contribution in [0.3, 0.4) is 0 Å². The number of nitrogens with zero attached hydrogens (tertiary/aromatic N) is 1. The lowest BCUT2D eigenvalue weighted by atomic mass is 10.1. The molecule has 4 unspecified atom stereocenters. The Kier molecular flexibility index (Phi) is 15.8. The number of carbonyl (C=O) groups is 5. The highest BCUT2D eigenvalue weighted by Gasteiger charge is 2.29. The highest BCUT2D eigenvalue weighted by molar-refractivity contribution is 7.98. The van der Waals surface area contributed by atoms with Crippen LogP contribution in [0.4, 0.5) is 0 Å². The van der Waals surface area contributed by atoms with Gasteiger partial charge in [-0.15, -0.1) is 0 Å². The molecule has 15 nitrogen and oxygen atoms in total. The number of guanidine groups is 1. The number of nitrogens with one attached hydrogen (secondary N) is 3. The topological polar surface area (TPSA) is 278 Å². The first-order valence-corrected chi connectivity index (χ1v) is 12.1. The maximum absolute atomic E-state index is 12.7. The van der Waals surface area contributed by atoms with E-state index in [-0.39, 0.29) is 44.6 Å². The summed E-state index contributed by atoms with van der Waals surface area (Å²) in [5.41, 5.74) is 21.2. The first kappa shape index (κ1) is 31.9. The van der Waals surface area contributed by atoms with Crippen molar-refractivity contribution in [1.29, 1.82) is 0 Å². The van der Waals surface area contributed by atoms with Crippen molar-refractivity contribution < 1.29 is 34.2 Å². The quantitative estimate of drug-likeness (QED) is 0.0475. The van der Waals surface area contributed by atoms with E-state index in [0.717, 1.165) is 0 Å². The first-order valence-electron chi connectivity index (χ1n) is 10.8. The van der Waals surface area contributed by atoms with E-state index in [9.17, 15) is 34.2 Å². The number of nitrogens with two attached hydrogens (primary N) is 4. The van der Waals surface area contributed by atoms with Gasteiger partial charge >= 0.3 is 5.97 Å². The van der Waals surface area contributed by atoms with E-state index in [4.69, 9.17) is 22.9 Å². The fourth-order valence-corrected chi connectivity index (χ4v) is 3.18. The molecule has 0 aliphatic heterocycles. The third kappa shape index (κ3) is 14.0. The van der Waals surface area contributed by atoms with Crippen molar-refractivity contribution in [3.63, 3.8) is 0 Å². The van der Waals surface area contributed by atoms with Gasteiger partial charge in [0.2, 0.25) is 23.6 Å². The van der Waals surface area contributed by atoms with Crippen LogP contribution < -0.4 is 38.9 Å². The fraction of sp³-hybridized carbons (Fsp3) is 0.684. The van der Waals surface area contributed by atoms with E-state index in [0.29, 0.717) is 5.75 Å². The number of amides is 4. The van der Waals surface area contributed by atoms with Crippen molar-refractivity contribution >= 4 is 47.3 Å². The van der Waals surface area contributed by atoms with Crippen LogP contribution in [-0.4, -0.2) is 95.1 Å². The number of hydrogen-bond donors (Lipinski definition) is 9. The summed E-state index contributed by atoms with van der Waals surface area (Å²) in [6.45, 7) is -0.667. The summed E-state index contributed by atoms with van der Waals surface area (Å²) >= 11 is 1.41. The Morgan fingerprint density at radius 3 is 1.97 bits per heavy atom. The zero-order valence-electron chi connectivity index (χ0n) is 19.6. The second-order valence-corrected chi connectivity index (χ2v) is 8.53. The normalized spacial score (nSPS) is 14.0. The number of hydrogen-bond acceptors (Lipinski definition) is 9. The number of aliphatic hydroxyl groups is 1. The maximum Gasteiger partial charge on any atom is 0.326 e. The molecule has 0 bridgehead atoms. The van der Waals surface area contributed by atoms with Gasteiger partial charge in [0.05, 0.1) is 12.6 Å². The number of aliphatic imine (C=N–C) groups is 1. The monoisotopic (exact) mass is 520 g/mol. The molecular formula is C19H36N8O7S. The van der Waals surface area contributed by atoms with Crippen LogP contribution in [0, 0.1) is 0 Å². The maximum atomic E-state index is 12.7. The molecule has 200 valence electrons. The Labute approximate surface area is 207 Å². The van der Waals surface area contributed by atoms with E-state index in [1.807, 2.05) is 0 Å². The predicted molar refractivity (Wildman–Crippen MR) is 130 cm³/mol. The molecule has 4 amide bonds. The number of primary amides is 1. The SMILES string of the molecule is CSCCC(NC(=O)C(N)CCC(N)=O)C(=O)NC(CO)C(=O)NC(CCCN=C(N)N)C(=O)O. The first-order chi connectivity index (χ1) is 16.4. The van der Waals surface area contributed by atoms with Gasteiger partial charge < -0.3 is 49.1 Å². The molecule has 0 aliphatic carbocycles. The summed E-state index contributed by atoms with van der Waals surface area (Å²) in [7, 11) is 0. The Morgan fingerprint density at radius 2 is 1.46 bits per heavy atom. The second kappa shape index (κ2) is 17.3. The number of aliphatic carboxylic acids is 1. The van der Waals surface area contributed by atoms with E-state index in [1.54, 1.807) is 6.26 Å². The van der Waals surface area contributed by atoms with Crippen LogP contribution in [0.5, 0.6) is 0 Å². The molecule has 0 saturated carbocycles. The zero-order chi connectivity index (χ0) is 27.0. The molecule has 0 rings (SSSR count). The molecule has 0 heterocycles. The van der Waals surface area contributed by atoms with E-state index >= 15 is 0 Å². The lowest BCUT2D eigenvalue weighted by molar-refractivity contribution is -0.142. The molecule has 35 heavy (non-hydrogen) atoms. The van der Waals surface area contributed by atoms with Crippen LogP contribution in [0.1, 0.15) is 32.1 Å². The number of carboxylic acid groups (broad SMARTS) is 1. The summed E-state index contributed by atoms with van der Waals surface area (Å²) < 4.78 is 0. The molecule has 0 aromatic carbocycles. The zero-order valence-corrected chi connectivity index (χ0v) is 20.4. The van der Waals surface area contributed by atoms with Crippen LogP contribution >= 0.6 is 11.8 Å². The van der Waals surface area contributed by atoms with Gasteiger partial charge in [-0.25, -0.2) is 4.79 Å². The fourth-order valence-electron chi connectivity index (χ4n) is 2.71. The minimum Gasteiger partial charge on any atom is -0.480 e. The standard InChI is InChI=1S/C19H36N8O7S/c1-35-8-6-11(25-15(30)10(20)4-5-14(21)29)16(31)27-13(9-28)17(32)26-12(18(33)34)3-2-7-24-19(22)23/h10-13,28H,2-9,20H2,1H3,(H2,21,29)(H,25,30)(H,26,32)(H,27,31)(H,33,34)(H4,22,23,24). The van der Waals surface area contributed by atoms with E-state index in [1.165, 1.54) is 11.8 Å². The summed E-state index contributed by atoms with van der Waals surface area (Å²) in [6.07, 6.45) is 2.10. The van der Waals surface area contributed by atoms with Gasteiger partial charge in [-0.2, -0.15) is 11.8 Å². The van der Waals surface area contributed by atoms with Crippen molar-refractivity contribution in [2.75, 3.05) is 25.2 Å². The van der Waals surface area contributed by atoms with Crippen molar-refractivity contribution in [1.82, 2.24) is 16.0 Å². The Morgan fingerprint density at radius 1 is 0.886 bits per heavy atom. The molecule has 0 aromatic heterocycles. The average molecular weight is 521 g/mol. The third-order valence-electron chi connectivity index (χ3n) is 4.66. The van der Waals surface area contributed by atoms with Crippen molar-refractivity contribution in [3.05, 3.63) is 0 Å². The molecular weight excluding hydrogens is 484 g/mol. The number of rotatable bonds is 18. The van der Waals surface area contributed by atoms with E-state index in [2.05, 4.69) is 20.9 Å². The number of carboxylic acids is 1. The second-order valence-electron chi connectivity index (χ2n) is 7.55. The molecule has 0 aromatic rings. The van der Waals surface area contributed by atoms with Crippen molar-refractivity contribution in [2.45, 2.75) is 56.3 Å². The van der Waals surface area contributed by atoms with Crippen LogP contribution in [0.2, 0.25) is 0 Å². The highest BCUT2D eigenvalue weighted by atomic mass is 32.2. The van der Waals surface area contributed by atoms with Gasteiger partial charge in [0.25, 0.3) is 0 Å². The molecule has 0 aliphatic rings. The molecule has 0 fully saturated rings. The molecule has 0 spiro atoms. The Balaban J connectivity index is 5.15. The molecule has 0 radical (unpaired) electrons. The minimum absolute atomic E-state index is 0.000451. The average Bonchev–Trinajstić information content (AvgIpc) is 2.79. The summed E-state index contributed by atoms with van der Waals surface area (Å²) in [5.74, 6) is -4.02. The van der Waals surface area contributed by atoms with Gasteiger partial charge in [-0.3, -0.25) is 24.2 Å². The summed E-state index contributed by atoms with van der Waals surface area (Å²) in [5, 5.41) is 26.0. The number of thioether (sulfide) groups is 1. The molecule has 16 heteroatoms. The van der Waals surface area contributed by atoms with Crippen LogP contribution in [0.15, 0.2) is 4.99 Å². The van der Waals surface area contributed by atoms with Crippen molar-refractivity contribution in [3.8, 4) is 0 Å². The lowest BCUT2D eigenvalue weighted by Crippen LogP contribution is -2.58. The van der Waals surface area contributed by atoms with Gasteiger partial charge in [-0.05, 0) is 37.7 Å². The summed E-state index contributed by atoms with van der Waals surface area (Å²) in [6, 6.07) is -4.96. The van der Waals surface area contributed by atoms with Crippen LogP contribution in [-0.2, 0) is 24.0 Å². The Bertz CT molecular complexity index is 763. The molecule has 0 saturated heterocycles. The molecule has 4 atom stereocenters. The predicted octanol–water partition coefficient (Wildman–Crippen LogP) is -4.08. The third-order valence-corrected chi connectivity index (χ3v) is 5.30. The highest BCUT2D eigenvalue weighted by Crippen LogP contribution is 2.04. The minimum atomic E-state index is -1.47. The largest absolute Gasteiger partial charge is 0.480 e. The number of carbonyl (C=O) groups excluding carboxylic acids is 4. The van der Waals surface area contributed by atoms with Gasteiger partial charge in [0.1, 0.15) is 18.1 Å². The van der Waals surface area contributed by atoms with Gasteiger partial charge in [0.15, 0.2) is 5.96 Å². The molecule has 13 N–H and O–H groups in total. The van der Waals surface area contributed by atoms with E-state index < -0.39 is 60.4 Å².